The van der Waals surface area contributed by atoms with Crippen molar-refractivity contribution in [1.82, 2.24) is 5.32 Å². The van der Waals surface area contributed by atoms with E-state index < -0.39 is 0 Å². The largest absolute Gasteiger partial charge is 0.395 e. The highest BCUT2D eigenvalue weighted by Gasteiger charge is 2.13. The van der Waals surface area contributed by atoms with Gasteiger partial charge in [0.25, 0.3) is 0 Å². The van der Waals surface area contributed by atoms with Gasteiger partial charge in [-0.3, -0.25) is 0 Å². The maximum atomic E-state index is 13.4. The van der Waals surface area contributed by atoms with Crippen molar-refractivity contribution in [3.8, 4) is 0 Å². The van der Waals surface area contributed by atoms with Gasteiger partial charge in [-0.05, 0) is 18.1 Å². The molecule has 0 fully saturated rings. The van der Waals surface area contributed by atoms with Gasteiger partial charge >= 0.3 is 0 Å². The minimum atomic E-state index is -0.319. The molecule has 1 rings (SSSR count). The molecule has 0 spiro atoms. The van der Waals surface area contributed by atoms with Gasteiger partial charge < -0.3 is 10.4 Å². The Bertz CT molecular complexity index is 324. The zero-order valence-electron chi connectivity index (χ0n) is 9.50. The van der Waals surface area contributed by atoms with Gasteiger partial charge in [-0.1, -0.05) is 31.5 Å². The molecule has 0 aromatic heterocycles. The Labute approximate surface area is 100 Å². The van der Waals surface area contributed by atoms with E-state index >= 15 is 0 Å². The number of halogens is 2. The predicted octanol–water partition coefficient (Wildman–Crippen LogP) is 2.59. The summed E-state index contributed by atoms with van der Waals surface area (Å²) in [5, 5.41) is 12.6. The number of hydrogen-bond acceptors (Lipinski definition) is 2. The summed E-state index contributed by atoms with van der Waals surface area (Å²) in [5.41, 5.74) is 0.447. The van der Waals surface area contributed by atoms with E-state index in [9.17, 15) is 4.39 Å². The monoisotopic (exact) mass is 245 g/mol. The van der Waals surface area contributed by atoms with E-state index in [-0.39, 0.29) is 24.4 Å². The van der Waals surface area contributed by atoms with Gasteiger partial charge in [0.1, 0.15) is 5.82 Å². The second-order valence-electron chi connectivity index (χ2n) is 4.11. The van der Waals surface area contributed by atoms with Crippen molar-refractivity contribution in [3.63, 3.8) is 0 Å². The van der Waals surface area contributed by atoms with Crippen LogP contribution in [0.5, 0.6) is 0 Å². The van der Waals surface area contributed by atoms with Crippen molar-refractivity contribution in [2.75, 3.05) is 6.61 Å². The van der Waals surface area contributed by atoms with Gasteiger partial charge in [-0.15, -0.1) is 0 Å². The number of nitrogens with one attached hydrogen (secondary N) is 1. The average Bonchev–Trinajstić information content (AvgIpc) is 2.22. The van der Waals surface area contributed by atoms with Crippen molar-refractivity contribution in [2.24, 2.45) is 5.92 Å². The Balaban J connectivity index is 2.67. The Hall–Kier alpha value is -0.640. The first kappa shape index (κ1) is 13.4. The fourth-order valence-corrected chi connectivity index (χ4v) is 1.68. The molecule has 0 amide bonds. The van der Waals surface area contributed by atoms with E-state index in [1.54, 1.807) is 12.1 Å². The molecule has 0 aliphatic heterocycles. The topological polar surface area (TPSA) is 32.3 Å². The Morgan fingerprint density at radius 3 is 2.62 bits per heavy atom. The third kappa shape index (κ3) is 3.44. The number of aliphatic hydroxyl groups excluding tert-OH is 1. The van der Waals surface area contributed by atoms with Crippen LogP contribution in [0, 0.1) is 11.7 Å². The summed E-state index contributed by atoms with van der Waals surface area (Å²) in [4.78, 5) is 0. The molecule has 0 saturated carbocycles. The lowest BCUT2D eigenvalue weighted by Crippen LogP contribution is -2.36. The van der Waals surface area contributed by atoms with Crippen molar-refractivity contribution < 1.29 is 9.50 Å². The van der Waals surface area contributed by atoms with Crippen LogP contribution in [0.4, 0.5) is 4.39 Å². The molecule has 90 valence electrons. The molecular weight excluding hydrogens is 229 g/mol. The standard InChI is InChI=1S/C12H17ClFNO/c1-8(2)12(7-16)15-6-9-10(13)4-3-5-11(9)14/h3-5,8,12,15-16H,6-7H2,1-2H3/t12-/m1/s1. The van der Waals surface area contributed by atoms with Crippen LogP contribution in [0.2, 0.25) is 5.02 Å². The highest BCUT2D eigenvalue weighted by Crippen LogP contribution is 2.19. The van der Waals surface area contributed by atoms with Crippen molar-refractivity contribution in [3.05, 3.63) is 34.6 Å². The molecule has 1 atom stereocenters. The van der Waals surface area contributed by atoms with E-state index in [0.717, 1.165) is 0 Å². The molecule has 1 aromatic rings. The van der Waals surface area contributed by atoms with Gasteiger partial charge in [-0.25, -0.2) is 4.39 Å². The normalized spacial score (nSPS) is 13.1. The summed E-state index contributed by atoms with van der Waals surface area (Å²) in [7, 11) is 0. The first-order chi connectivity index (χ1) is 7.56. The molecule has 0 heterocycles. The first-order valence-corrected chi connectivity index (χ1v) is 5.71. The molecule has 2 N–H and O–H groups in total. The van der Waals surface area contributed by atoms with E-state index in [2.05, 4.69) is 5.32 Å². The van der Waals surface area contributed by atoms with Crippen LogP contribution in [-0.4, -0.2) is 17.8 Å². The number of rotatable bonds is 5. The smallest absolute Gasteiger partial charge is 0.129 e. The second-order valence-corrected chi connectivity index (χ2v) is 4.52. The van der Waals surface area contributed by atoms with Gasteiger partial charge in [0.2, 0.25) is 0 Å². The Morgan fingerprint density at radius 1 is 1.44 bits per heavy atom. The van der Waals surface area contributed by atoms with Gasteiger partial charge in [-0.2, -0.15) is 0 Å². The van der Waals surface area contributed by atoms with Crippen LogP contribution in [-0.2, 0) is 6.54 Å². The lowest BCUT2D eigenvalue weighted by atomic mass is 10.0. The van der Waals surface area contributed by atoms with Crippen molar-refractivity contribution in [1.29, 1.82) is 0 Å². The molecule has 0 aliphatic carbocycles. The van der Waals surface area contributed by atoms with Crippen molar-refractivity contribution >= 4 is 11.6 Å². The number of hydrogen-bond donors (Lipinski definition) is 2. The third-order valence-corrected chi connectivity index (χ3v) is 2.96. The summed E-state index contributed by atoms with van der Waals surface area (Å²) >= 11 is 5.89. The molecule has 0 aliphatic rings. The summed E-state index contributed by atoms with van der Waals surface area (Å²) in [5.74, 6) is -0.0315. The Kier molecular flexibility index (Phi) is 5.19. The van der Waals surface area contributed by atoms with E-state index in [0.29, 0.717) is 17.1 Å². The molecule has 1 aromatic carbocycles. The van der Waals surface area contributed by atoms with Crippen LogP contribution >= 0.6 is 11.6 Å². The van der Waals surface area contributed by atoms with E-state index in [4.69, 9.17) is 16.7 Å². The minimum absolute atomic E-state index is 0.0315. The van der Waals surface area contributed by atoms with Gasteiger partial charge in [0.05, 0.1) is 6.61 Å². The second kappa shape index (κ2) is 6.18. The van der Waals surface area contributed by atoms with Crippen LogP contribution in [0.15, 0.2) is 18.2 Å². The minimum Gasteiger partial charge on any atom is -0.395 e. The summed E-state index contributed by atoms with van der Waals surface area (Å²) in [6.07, 6.45) is 0. The fraction of sp³-hybridized carbons (Fsp3) is 0.500. The number of benzene rings is 1. The SMILES string of the molecule is CC(C)[C@@H](CO)NCc1c(F)cccc1Cl. The molecule has 2 nitrogen and oxygen atoms in total. The average molecular weight is 246 g/mol. The molecule has 0 radical (unpaired) electrons. The lowest BCUT2D eigenvalue weighted by molar-refractivity contribution is 0.209. The first-order valence-electron chi connectivity index (χ1n) is 5.33. The van der Waals surface area contributed by atoms with E-state index in [1.807, 2.05) is 13.8 Å². The molecular formula is C12H17ClFNO. The van der Waals surface area contributed by atoms with Gasteiger partial charge in [0.15, 0.2) is 0 Å². The maximum Gasteiger partial charge on any atom is 0.129 e. The summed E-state index contributed by atoms with van der Waals surface area (Å²) < 4.78 is 13.4. The predicted molar refractivity (Wildman–Crippen MR) is 64.0 cm³/mol. The molecule has 4 heteroatoms. The highest BCUT2D eigenvalue weighted by molar-refractivity contribution is 6.31. The molecule has 0 saturated heterocycles. The molecule has 0 unspecified atom stereocenters. The summed E-state index contributed by atoms with van der Waals surface area (Å²) in [6, 6.07) is 4.57. The van der Waals surface area contributed by atoms with Crippen LogP contribution in [0.25, 0.3) is 0 Å². The van der Waals surface area contributed by atoms with Gasteiger partial charge in [0, 0.05) is 23.2 Å². The Morgan fingerprint density at radius 2 is 2.12 bits per heavy atom. The van der Waals surface area contributed by atoms with E-state index in [1.165, 1.54) is 6.07 Å². The zero-order chi connectivity index (χ0) is 12.1. The van der Waals surface area contributed by atoms with Crippen LogP contribution in [0.3, 0.4) is 0 Å². The lowest BCUT2D eigenvalue weighted by Gasteiger charge is -2.20. The zero-order valence-corrected chi connectivity index (χ0v) is 10.3. The maximum absolute atomic E-state index is 13.4. The molecule has 16 heavy (non-hydrogen) atoms. The number of aliphatic hydroxyl groups is 1. The quantitative estimate of drug-likeness (QED) is 0.836. The molecule has 0 bridgehead atoms. The van der Waals surface area contributed by atoms with Crippen LogP contribution in [0.1, 0.15) is 19.4 Å². The highest BCUT2D eigenvalue weighted by atomic mass is 35.5. The van der Waals surface area contributed by atoms with Crippen LogP contribution < -0.4 is 5.32 Å². The van der Waals surface area contributed by atoms with Crippen molar-refractivity contribution in [2.45, 2.75) is 26.4 Å². The summed E-state index contributed by atoms with van der Waals surface area (Å²) in [6.45, 7) is 4.35. The third-order valence-electron chi connectivity index (χ3n) is 2.60. The fourth-order valence-electron chi connectivity index (χ4n) is 1.45.